The minimum absolute atomic E-state index is 0.0873. The molecule has 7 heteroatoms. The van der Waals surface area contributed by atoms with Gasteiger partial charge in [0.05, 0.1) is 5.56 Å². The Morgan fingerprint density at radius 3 is 2.35 bits per heavy atom. The first-order chi connectivity index (χ1) is 9.20. The second-order valence-corrected chi connectivity index (χ2v) is 6.33. The maximum atomic E-state index is 13.5. The average molecular weight is 369 g/mol. The Morgan fingerprint density at radius 1 is 1.25 bits per heavy atom. The van der Waals surface area contributed by atoms with Gasteiger partial charge in [0.15, 0.2) is 0 Å². The molecule has 1 aromatic heterocycles. The summed E-state index contributed by atoms with van der Waals surface area (Å²) in [7, 11) is 0. The summed E-state index contributed by atoms with van der Waals surface area (Å²) in [5.41, 5.74) is -1.25. The SMILES string of the molecule is Cc1sc(C(O)c2ccc(C(F)(F)F)c(F)c2)cc1Br. The van der Waals surface area contributed by atoms with Gasteiger partial charge in [0.1, 0.15) is 11.9 Å². The normalized spacial score (nSPS) is 13.6. The van der Waals surface area contributed by atoms with Gasteiger partial charge >= 0.3 is 6.18 Å². The van der Waals surface area contributed by atoms with Crippen LogP contribution in [-0.2, 0) is 6.18 Å². The zero-order valence-corrected chi connectivity index (χ0v) is 12.5. The van der Waals surface area contributed by atoms with E-state index in [1.807, 2.05) is 6.92 Å². The van der Waals surface area contributed by atoms with E-state index in [9.17, 15) is 22.7 Å². The standard InChI is InChI=1S/C13H9BrF4OS/c1-6-9(14)5-11(20-6)12(19)7-2-3-8(10(15)4-7)13(16,17)18/h2-5,12,19H,1H3. The van der Waals surface area contributed by atoms with E-state index in [-0.39, 0.29) is 5.56 Å². The van der Waals surface area contributed by atoms with Crippen LogP contribution in [0.1, 0.15) is 27.0 Å². The minimum Gasteiger partial charge on any atom is -0.383 e. The molecule has 0 spiro atoms. The predicted molar refractivity (Wildman–Crippen MR) is 72.2 cm³/mol. The molecule has 1 unspecified atom stereocenters. The molecule has 108 valence electrons. The highest BCUT2D eigenvalue weighted by Crippen LogP contribution is 2.36. The first-order valence-corrected chi connectivity index (χ1v) is 7.11. The van der Waals surface area contributed by atoms with Gasteiger partial charge in [-0.15, -0.1) is 11.3 Å². The molecule has 2 aromatic rings. The minimum atomic E-state index is -4.74. The Labute approximate surface area is 125 Å². The molecule has 1 aromatic carbocycles. The van der Waals surface area contributed by atoms with Crippen molar-refractivity contribution in [1.82, 2.24) is 0 Å². The lowest BCUT2D eigenvalue weighted by Crippen LogP contribution is -2.09. The molecule has 20 heavy (non-hydrogen) atoms. The van der Waals surface area contributed by atoms with E-state index in [4.69, 9.17) is 0 Å². The summed E-state index contributed by atoms with van der Waals surface area (Å²) >= 11 is 4.58. The molecule has 0 bridgehead atoms. The summed E-state index contributed by atoms with van der Waals surface area (Å²) in [6, 6.07) is 4.11. The van der Waals surface area contributed by atoms with E-state index < -0.39 is 23.7 Å². The number of aliphatic hydroxyl groups excluding tert-OH is 1. The van der Waals surface area contributed by atoms with Crippen LogP contribution in [0.4, 0.5) is 17.6 Å². The van der Waals surface area contributed by atoms with Crippen LogP contribution < -0.4 is 0 Å². The molecule has 2 rings (SSSR count). The Kier molecular flexibility index (Phi) is 4.22. The lowest BCUT2D eigenvalue weighted by molar-refractivity contribution is -0.140. The largest absolute Gasteiger partial charge is 0.419 e. The summed E-state index contributed by atoms with van der Waals surface area (Å²) in [5, 5.41) is 10.1. The first kappa shape index (κ1) is 15.5. The topological polar surface area (TPSA) is 20.2 Å². The van der Waals surface area contributed by atoms with Crippen LogP contribution in [0.5, 0.6) is 0 Å². The van der Waals surface area contributed by atoms with Crippen LogP contribution in [0.2, 0.25) is 0 Å². The first-order valence-electron chi connectivity index (χ1n) is 5.50. The van der Waals surface area contributed by atoms with E-state index in [1.165, 1.54) is 11.3 Å². The van der Waals surface area contributed by atoms with Crippen LogP contribution in [0.15, 0.2) is 28.7 Å². The van der Waals surface area contributed by atoms with Crippen molar-refractivity contribution in [2.45, 2.75) is 19.2 Å². The van der Waals surface area contributed by atoms with Crippen LogP contribution in [0, 0.1) is 12.7 Å². The van der Waals surface area contributed by atoms with Gasteiger partial charge < -0.3 is 5.11 Å². The molecule has 0 fully saturated rings. The summed E-state index contributed by atoms with van der Waals surface area (Å²) in [4.78, 5) is 1.46. The zero-order valence-electron chi connectivity index (χ0n) is 10.1. The molecular weight excluding hydrogens is 360 g/mol. The number of aliphatic hydroxyl groups is 1. The van der Waals surface area contributed by atoms with Crippen LogP contribution >= 0.6 is 27.3 Å². The van der Waals surface area contributed by atoms with Gasteiger partial charge in [-0.2, -0.15) is 13.2 Å². The van der Waals surface area contributed by atoms with Crippen molar-refractivity contribution in [2.24, 2.45) is 0 Å². The second kappa shape index (κ2) is 5.46. The maximum Gasteiger partial charge on any atom is 0.419 e. The lowest BCUT2D eigenvalue weighted by Gasteiger charge is -2.12. The van der Waals surface area contributed by atoms with Crippen molar-refractivity contribution in [2.75, 3.05) is 0 Å². The fraction of sp³-hybridized carbons (Fsp3) is 0.231. The van der Waals surface area contributed by atoms with Crippen molar-refractivity contribution >= 4 is 27.3 Å². The third-order valence-corrected chi connectivity index (χ3v) is 4.95. The predicted octanol–water partition coefficient (Wildman–Crippen LogP) is 5.06. The highest BCUT2D eigenvalue weighted by atomic mass is 79.9. The van der Waals surface area contributed by atoms with Crippen molar-refractivity contribution < 1.29 is 22.7 Å². The third kappa shape index (κ3) is 3.05. The van der Waals surface area contributed by atoms with E-state index in [1.54, 1.807) is 6.07 Å². The zero-order chi connectivity index (χ0) is 15.1. The highest BCUT2D eigenvalue weighted by Gasteiger charge is 2.34. The van der Waals surface area contributed by atoms with Gasteiger partial charge in [-0.1, -0.05) is 6.07 Å². The molecule has 0 amide bonds. The van der Waals surface area contributed by atoms with Gasteiger partial charge in [-0.05, 0) is 46.6 Å². The molecule has 1 heterocycles. The number of aryl methyl sites for hydroxylation is 1. The van der Waals surface area contributed by atoms with Crippen molar-refractivity contribution in [3.05, 3.63) is 55.4 Å². The Bertz CT molecular complexity index is 616. The Morgan fingerprint density at radius 2 is 1.90 bits per heavy atom. The van der Waals surface area contributed by atoms with E-state index >= 15 is 0 Å². The molecule has 0 aliphatic rings. The molecule has 1 N–H and O–H groups in total. The van der Waals surface area contributed by atoms with Gasteiger partial charge in [0, 0.05) is 14.2 Å². The lowest BCUT2D eigenvalue weighted by atomic mass is 10.0. The molecule has 1 atom stereocenters. The number of hydrogen-bond donors (Lipinski definition) is 1. The Balaban J connectivity index is 2.36. The van der Waals surface area contributed by atoms with Crippen LogP contribution in [-0.4, -0.2) is 5.11 Å². The van der Waals surface area contributed by atoms with Crippen molar-refractivity contribution in [3.63, 3.8) is 0 Å². The molecule has 0 saturated heterocycles. The molecule has 0 saturated carbocycles. The molecule has 0 radical (unpaired) electrons. The fourth-order valence-electron chi connectivity index (χ4n) is 1.71. The molecule has 0 aliphatic heterocycles. The van der Waals surface area contributed by atoms with Crippen LogP contribution in [0.3, 0.4) is 0 Å². The quantitative estimate of drug-likeness (QED) is 0.734. The number of benzene rings is 1. The third-order valence-electron chi connectivity index (χ3n) is 2.76. The van der Waals surface area contributed by atoms with E-state index in [0.717, 1.165) is 21.5 Å². The van der Waals surface area contributed by atoms with Gasteiger partial charge in [0.25, 0.3) is 0 Å². The average Bonchev–Trinajstić information content (AvgIpc) is 2.67. The molecule has 0 aliphatic carbocycles. The number of rotatable bonds is 2. The number of thiophene rings is 1. The smallest absolute Gasteiger partial charge is 0.383 e. The van der Waals surface area contributed by atoms with Crippen molar-refractivity contribution in [1.29, 1.82) is 0 Å². The summed E-state index contributed by atoms with van der Waals surface area (Å²) in [6.07, 6.45) is -5.89. The van der Waals surface area contributed by atoms with Crippen molar-refractivity contribution in [3.8, 4) is 0 Å². The van der Waals surface area contributed by atoms with Gasteiger partial charge in [0.2, 0.25) is 0 Å². The van der Waals surface area contributed by atoms with E-state index in [2.05, 4.69) is 15.9 Å². The highest BCUT2D eigenvalue weighted by molar-refractivity contribution is 9.10. The number of alkyl halides is 3. The molecular formula is C13H9BrF4OS. The summed E-state index contributed by atoms with van der Waals surface area (Å²) in [5.74, 6) is -1.39. The van der Waals surface area contributed by atoms with E-state index in [0.29, 0.717) is 10.9 Å². The fourth-order valence-corrected chi connectivity index (χ4v) is 3.29. The summed E-state index contributed by atoms with van der Waals surface area (Å²) < 4.78 is 51.6. The number of halogens is 5. The van der Waals surface area contributed by atoms with Gasteiger partial charge in [-0.25, -0.2) is 4.39 Å². The Hall–Kier alpha value is -0.920. The second-order valence-electron chi connectivity index (χ2n) is 4.19. The summed E-state index contributed by atoms with van der Waals surface area (Å²) in [6.45, 7) is 1.83. The van der Waals surface area contributed by atoms with Gasteiger partial charge in [-0.3, -0.25) is 0 Å². The van der Waals surface area contributed by atoms with Crippen LogP contribution in [0.25, 0.3) is 0 Å². The molecule has 1 nitrogen and oxygen atoms in total. The maximum absolute atomic E-state index is 13.5. The monoisotopic (exact) mass is 368 g/mol. The number of hydrogen-bond acceptors (Lipinski definition) is 2.